The van der Waals surface area contributed by atoms with Crippen molar-refractivity contribution in [3.8, 4) is 11.1 Å². The fourth-order valence-electron chi connectivity index (χ4n) is 5.67. The largest absolute Gasteiger partial charge is 0.372 e. The smallest absolute Gasteiger partial charge is 0.256 e. The van der Waals surface area contributed by atoms with Gasteiger partial charge in [0.25, 0.3) is 5.91 Å². The van der Waals surface area contributed by atoms with Crippen molar-refractivity contribution in [3.63, 3.8) is 0 Å². The van der Waals surface area contributed by atoms with Crippen molar-refractivity contribution in [1.29, 1.82) is 0 Å². The number of piperidine rings is 1. The van der Waals surface area contributed by atoms with Crippen LogP contribution in [0.2, 0.25) is 10.0 Å². The normalized spacial score (nSPS) is 14.4. The Bertz CT molecular complexity index is 1480. The van der Waals surface area contributed by atoms with Gasteiger partial charge in [0.15, 0.2) is 0 Å². The molecule has 5 nitrogen and oxygen atoms in total. The highest BCUT2D eigenvalue weighted by atomic mass is 35.5. The van der Waals surface area contributed by atoms with Crippen molar-refractivity contribution in [2.24, 2.45) is 5.92 Å². The molecule has 0 saturated carbocycles. The van der Waals surface area contributed by atoms with Gasteiger partial charge in [-0.15, -0.1) is 0 Å². The molecule has 0 aromatic heterocycles. The van der Waals surface area contributed by atoms with Gasteiger partial charge >= 0.3 is 0 Å². The molecule has 2 N–H and O–H groups in total. The quantitative estimate of drug-likeness (QED) is 0.220. The van der Waals surface area contributed by atoms with Crippen LogP contribution in [0.15, 0.2) is 97.1 Å². The number of nitrogens with one attached hydrogen (secondary N) is 2. The number of rotatable bonds is 8. The van der Waals surface area contributed by atoms with Gasteiger partial charge in [-0.1, -0.05) is 71.7 Å². The van der Waals surface area contributed by atoms with Gasteiger partial charge in [-0.05, 0) is 90.9 Å². The Morgan fingerprint density at radius 3 is 2.15 bits per heavy atom. The van der Waals surface area contributed by atoms with E-state index in [1.807, 2.05) is 67.6 Å². The average Bonchev–Trinajstić information content (AvgIpc) is 2.98. The predicted octanol–water partition coefficient (Wildman–Crippen LogP) is 8.05. The molecule has 210 valence electrons. The lowest BCUT2D eigenvalue weighted by atomic mass is 9.79. The number of likely N-dealkylation sites (N-methyl/N-ethyl adjacent to an activating group) is 1. The summed E-state index contributed by atoms with van der Waals surface area (Å²) in [5.41, 5.74) is 4.98. The molecular weight excluding hydrogens is 553 g/mol. The van der Waals surface area contributed by atoms with Crippen LogP contribution >= 0.6 is 23.2 Å². The Kier molecular flexibility index (Phi) is 9.28. The van der Waals surface area contributed by atoms with Crippen LogP contribution in [0.25, 0.3) is 11.1 Å². The van der Waals surface area contributed by atoms with Crippen LogP contribution in [-0.2, 0) is 4.79 Å². The molecule has 41 heavy (non-hydrogen) atoms. The molecule has 1 atom stereocenters. The molecule has 1 heterocycles. The summed E-state index contributed by atoms with van der Waals surface area (Å²) in [5, 5.41) is 7.09. The third-order valence-electron chi connectivity index (χ3n) is 7.64. The number of hydrogen-bond acceptors (Lipinski definition) is 3. The topological polar surface area (TPSA) is 61.4 Å². The molecule has 0 radical (unpaired) electrons. The van der Waals surface area contributed by atoms with E-state index in [-0.39, 0.29) is 23.7 Å². The van der Waals surface area contributed by atoms with Crippen LogP contribution in [-0.4, -0.2) is 31.4 Å². The van der Waals surface area contributed by atoms with Crippen LogP contribution in [0.3, 0.4) is 0 Å². The Morgan fingerprint density at radius 1 is 0.854 bits per heavy atom. The van der Waals surface area contributed by atoms with Crippen LogP contribution in [0.1, 0.15) is 41.6 Å². The first-order valence-electron chi connectivity index (χ1n) is 14.0. The van der Waals surface area contributed by atoms with E-state index < -0.39 is 0 Å². The number of nitrogens with zero attached hydrogens (tertiary/aromatic N) is 1. The maximum absolute atomic E-state index is 13.3. The van der Waals surface area contributed by atoms with Gasteiger partial charge in [0.2, 0.25) is 5.91 Å². The van der Waals surface area contributed by atoms with Crippen molar-refractivity contribution in [1.82, 2.24) is 5.32 Å². The molecule has 4 aromatic carbocycles. The molecule has 1 aliphatic heterocycles. The highest BCUT2D eigenvalue weighted by Gasteiger charge is 2.32. The SMILES string of the molecule is CCNC(=O)C(c1ccccc1)C1CCN(c2ccc(NC(=O)c3ccccc3-c3cc(Cl)cc(Cl)c3)cc2)CC1. The van der Waals surface area contributed by atoms with Gasteiger partial charge in [0.1, 0.15) is 0 Å². The van der Waals surface area contributed by atoms with E-state index >= 15 is 0 Å². The second kappa shape index (κ2) is 13.2. The summed E-state index contributed by atoms with van der Waals surface area (Å²) in [6.07, 6.45) is 1.86. The maximum atomic E-state index is 13.3. The first-order chi connectivity index (χ1) is 19.9. The van der Waals surface area contributed by atoms with E-state index in [1.54, 1.807) is 24.3 Å². The van der Waals surface area contributed by atoms with Gasteiger partial charge in [0, 0.05) is 46.6 Å². The number of benzene rings is 4. The molecule has 7 heteroatoms. The summed E-state index contributed by atoms with van der Waals surface area (Å²) in [7, 11) is 0. The lowest BCUT2D eigenvalue weighted by Gasteiger charge is -2.37. The molecule has 0 spiro atoms. The molecule has 5 rings (SSSR count). The van der Waals surface area contributed by atoms with Crippen molar-refractivity contribution in [2.75, 3.05) is 29.9 Å². The Balaban J connectivity index is 1.24. The number of halogens is 2. The molecule has 4 aromatic rings. The Hall–Kier alpha value is -3.80. The summed E-state index contributed by atoms with van der Waals surface area (Å²) in [6.45, 7) is 4.33. The summed E-state index contributed by atoms with van der Waals surface area (Å²) >= 11 is 12.4. The van der Waals surface area contributed by atoms with Crippen LogP contribution < -0.4 is 15.5 Å². The molecule has 0 aliphatic carbocycles. The fraction of sp³-hybridized carbons (Fsp3) is 0.235. The van der Waals surface area contributed by atoms with E-state index in [1.165, 1.54) is 0 Å². The van der Waals surface area contributed by atoms with Gasteiger partial charge in [0.05, 0.1) is 5.92 Å². The Labute approximate surface area is 251 Å². The minimum Gasteiger partial charge on any atom is -0.372 e. The zero-order valence-corrected chi connectivity index (χ0v) is 24.5. The Morgan fingerprint density at radius 2 is 1.49 bits per heavy atom. The summed E-state index contributed by atoms with van der Waals surface area (Å²) in [6, 6.07) is 30.7. The first kappa shape index (κ1) is 28.7. The summed E-state index contributed by atoms with van der Waals surface area (Å²) < 4.78 is 0. The predicted molar refractivity (Wildman–Crippen MR) is 169 cm³/mol. The number of carbonyl (C=O) groups excluding carboxylic acids is 2. The number of amides is 2. The number of anilines is 2. The van der Waals surface area contributed by atoms with Crippen LogP contribution in [0, 0.1) is 5.92 Å². The van der Waals surface area contributed by atoms with Crippen molar-refractivity contribution in [2.45, 2.75) is 25.7 Å². The highest BCUT2D eigenvalue weighted by molar-refractivity contribution is 6.35. The number of hydrogen-bond donors (Lipinski definition) is 2. The maximum Gasteiger partial charge on any atom is 0.256 e. The van der Waals surface area contributed by atoms with E-state index in [4.69, 9.17) is 23.2 Å². The zero-order chi connectivity index (χ0) is 28.8. The summed E-state index contributed by atoms with van der Waals surface area (Å²) in [4.78, 5) is 28.6. The van der Waals surface area contributed by atoms with Crippen LogP contribution in [0.5, 0.6) is 0 Å². The minimum absolute atomic E-state index is 0.109. The summed E-state index contributed by atoms with van der Waals surface area (Å²) in [5.74, 6) is 0.0507. The van der Waals surface area contributed by atoms with E-state index in [9.17, 15) is 9.59 Å². The minimum atomic E-state index is -0.206. The van der Waals surface area contributed by atoms with Crippen molar-refractivity contribution in [3.05, 3.63) is 118 Å². The molecule has 0 bridgehead atoms. The lowest BCUT2D eigenvalue weighted by Crippen LogP contribution is -2.40. The molecule has 2 amide bonds. The lowest BCUT2D eigenvalue weighted by molar-refractivity contribution is -0.123. The third kappa shape index (κ3) is 6.92. The third-order valence-corrected chi connectivity index (χ3v) is 8.08. The monoisotopic (exact) mass is 585 g/mol. The van der Waals surface area contributed by atoms with Crippen LogP contribution in [0.4, 0.5) is 11.4 Å². The van der Waals surface area contributed by atoms with Gasteiger partial charge < -0.3 is 15.5 Å². The number of carbonyl (C=O) groups is 2. The molecule has 1 fully saturated rings. The highest BCUT2D eigenvalue weighted by Crippen LogP contribution is 2.35. The zero-order valence-electron chi connectivity index (χ0n) is 22.9. The fourth-order valence-corrected chi connectivity index (χ4v) is 6.20. The van der Waals surface area contributed by atoms with Crippen molar-refractivity contribution >= 4 is 46.4 Å². The molecule has 1 saturated heterocycles. The molecule has 1 unspecified atom stereocenters. The van der Waals surface area contributed by atoms with Gasteiger partial charge in [-0.3, -0.25) is 9.59 Å². The van der Waals surface area contributed by atoms with Gasteiger partial charge in [-0.25, -0.2) is 0 Å². The molecule has 1 aliphatic rings. The van der Waals surface area contributed by atoms with Gasteiger partial charge in [-0.2, -0.15) is 0 Å². The first-order valence-corrected chi connectivity index (χ1v) is 14.7. The van der Waals surface area contributed by atoms with E-state index in [0.717, 1.165) is 48.3 Å². The second-order valence-corrected chi connectivity index (χ2v) is 11.2. The second-order valence-electron chi connectivity index (χ2n) is 10.3. The average molecular weight is 587 g/mol. The van der Waals surface area contributed by atoms with Crippen molar-refractivity contribution < 1.29 is 9.59 Å². The molecular formula is C34H33Cl2N3O2. The van der Waals surface area contributed by atoms with E-state index in [0.29, 0.717) is 27.8 Å². The standard InChI is InChI=1S/C34H33Cl2N3O2/c1-2-37-34(41)32(23-8-4-3-5-9-23)24-16-18-39(19-17-24)29-14-12-28(13-15-29)38-33(40)31-11-7-6-10-30(31)25-20-26(35)22-27(36)21-25/h3-15,20-22,24,32H,2,16-19H2,1H3,(H,37,41)(H,38,40). The van der Waals surface area contributed by atoms with E-state index in [2.05, 4.69) is 27.7 Å².